The number of H-pyrrole nitrogens is 2. The minimum Gasteiger partial charge on any atom is -0.497 e. The summed E-state index contributed by atoms with van der Waals surface area (Å²) in [5.41, 5.74) is 9.50. The first-order chi connectivity index (χ1) is 29.9. The molecule has 0 saturated heterocycles. The topological polar surface area (TPSA) is 112 Å². The Labute approximate surface area is 384 Å². The summed E-state index contributed by atoms with van der Waals surface area (Å²) >= 11 is 20.5. The number of rotatable bonds is 13. The van der Waals surface area contributed by atoms with Crippen LogP contribution in [0.15, 0.2) is 118 Å². The van der Waals surface area contributed by atoms with Gasteiger partial charge >= 0.3 is 11.9 Å². The van der Waals surface area contributed by atoms with Crippen LogP contribution in [0.5, 0.6) is 34.5 Å². The number of esters is 2. The summed E-state index contributed by atoms with van der Waals surface area (Å²) in [4.78, 5) is 32.6. The van der Waals surface area contributed by atoms with Crippen molar-refractivity contribution in [1.29, 1.82) is 0 Å². The lowest BCUT2D eigenvalue weighted by Gasteiger charge is -2.13. The molecule has 0 fully saturated rings. The zero-order chi connectivity index (χ0) is 43.7. The van der Waals surface area contributed by atoms with E-state index in [1.54, 1.807) is 26.4 Å². The quantitative estimate of drug-likeness (QED) is 0.0874. The lowest BCUT2D eigenvalue weighted by atomic mass is 10.1. The van der Waals surface area contributed by atoms with Gasteiger partial charge in [0.2, 0.25) is 0 Å². The molecule has 8 aromatic rings. The van der Waals surface area contributed by atoms with Crippen LogP contribution in [0.2, 0.25) is 10.0 Å². The molecule has 314 valence electrons. The van der Waals surface area contributed by atoms with E-state index in [1.165, 1.54) is 0 Å². The molecule has 6 aromatic carbocycles. The number of aromatic nitrogens is 2. The zero-order valence-corrected chi connectivity index (χ0v) is 38.6. The Morgan fingerprint density at radius 1 is 0.565 bits per heavy atom. The van der Waals surface area contributed by atoms with Crippen molar-refractivity contribution in [1.82, 2.24) is 9.97 Å². The highest BCUT2D eigenvalue weighted by Gasteiger charge is 2.19. The fraction of sp³-hybridized carbons (Fsp3) is 0.143. The van der Waals surface area contributed by atoms with E-state index in [0.717, 1.165) is 72.5 Å². The van der Waals surface area contributed by atoms with Crippen molar-refractivity contribution in [3.05, 3.63) is 150 Å². The van der Waals surface area contributed by atoms with Crippen molar-refractivity contribution in [2.45, 2.75) is 33.1 Å². The van der Waals surface area contributed by atoms with Crippen LogP contribution in [0.4, 0.5) is 0 Å². The molecule has 0 saturated carbocycles. The lowest BCUT2D eigenvalue weighted by Crippen LogP contribution is -2.15. The SMILES string of the molecule is COc1ccc(-c2[nH]c3ccc(Oc4c(Cl)cc(CC(=O)OC(=O)CCc5cc(Br)c(Oc6ccc7[nH]c(-c8ccc(OC)cc8)c(C)c7c6)c(Br)c5)cc4Cl)cc3c2C)cc1. The Morgan fingerprint density at radius 3 is 1.48 bits per heavy atom. The van der Waals surface area contributed by atoms with Gasteiger partial charge in [0.15, 0.2) is 11.5 Å². The Kier molecular flexibility index (Phi) is 12.7. The van der Waals surface area contributed by atoms with Crippen molar-refractivity contribution >= 4 is 88.8 Å². The van der Waals surface area contributed by atoms with E-state index >= 15 is 0 Å². The van der Waals surface area contributed by atoms with E-state index in [2.05, 4.69) is 48.8 Å². The average molecular weight is 998 g/mol. The molecule has 0 bridgehead atoms. The molecule has 2 aromatic heterocycles. The summed E-state index contributed by atoms with van der Waals surface area (Å²) in [6.45, 7) is 4.12. The Bertz CT molecular complexity index is 2950. The summed E-state index contributed by atoms with van der Waals surface area (Å²) in [7, 11) is 3.29. The van der Waals surface area contributed by atoms with Gasteiger partial charge in [-0.05, 0) is 195 Å². The first-order valence-corrected chi connectivity index (χ1v) is 21.8. The van der Waals surface area contributed by atoms with E-state index in [9.17, 15) is 9.59 Å². The van der Waals surface area contributed by atoms with Gasteiger partial charge in [-0.15, -0.1) is 0 Å². The monoisotopic (exact) mass is 994 g/mol. The first-order valence-electron chi connectivity index (χ1n) is 19.5. The van der Waals surface area contributed by atoms with Crippen LogP contribution in [0.3, 0.4) is 0 Å². The van der Waals surface area contributed by atoms with Gasteiger partial charge in [-0.2, -0.15) is 0 Å². The molecule has 13 heteroatoms. The van der Waals surface area contributed by atoms with Crippen LogP contribution in [0.25, 0.3) is 44.3 Å². The van der Waals surface area contributed by atoms with Gasteiger partial charge in [-0.25, -0.2) is 0 Å². The van der Waals surface area contributed by atoms with Crippen LogP contribution in [0, 0.1) is 13.8 Å². The average Bonchev–Trinajstić information content (AvgIpc) is 3.77. The van der Waals surface area contributed by atoms with Gasteiger partial charge in [0, 0.05) is 33.2 Å². The summed E-state index contributed by atoms with van der Waals surface area (Å²) < 4.78 is 29.7. The fourth-order valence-corrected chi connectivity index (χ4v) is 9.41. The molecule has 0 amide bonds. The number of methoxy groups -OCH3 is 2. The second-order valence-electron chi connectivity index (χ2n) is 14.6. The number of carbonyl (C=O) groups excluding carboxylic acids is 2. The third kappa shape index (κ3) is 9.22. The number of hydrogen-bond donors (Lipinski definition) is 2. The number of halogens is 4. The van der Waals surface area contributed by atoms with Crippen LogP contribution >= 0.6 is 55.1 Å². The van der Waals surface area contributed by atoms with Gasteiger partial charge in [0.05, 0.1) is 46.1 Å². The molecule has 0 unspecified atom stereocenters. The molecule has 2 heterocycles. The normalized spacial score (nSPS) is 11.2. The molecule has 9 nitrogen and oxygen atoms in total. The Balaban J connectivity index is 0.861. The number of carbonyl (C=O) groups is 2. The maximum Gasteiger partial charge on any atom is 0.317 e. The summed E-state index contributed by atoms with van der Waals surface area (Å²) in [5.74, 6) is 2.22. The van der Waals surface area contributed by atoms with Crippen molar-refractivity contribution in [3.63, 3.8) is 0 Å². The number of hydrogen-bond acceptors (Lipinski definition) is 7. The molecule has 0 aliphatic carbocycles. The predicted octanol–water partition coefficient (Wildman–Crippen LogP) is 14.3. The minimum absolute atomic E-state index is 0.0222. The number of aryl methyl sites for hydroxylation is 3. The van der Waals surface area contributed by atoms with Crippen LogP contribution in [-0.2, 0) is 27.2 Å². The van der Waals surface area contributed by atoms with Gasteiger partial charge in [-0.1, -0.05) is 23.2 Å². The molecule has 0 aliphatic rings. The Morgan fingerprint density at radius 2 is 1.02 bits per heavy atom. The molecule has 0 atom stereocenters. The van der Waals surface area contributed by atoms with E-state index in [4.69, 9.17) is 46.9 Å². The minimum atomic E-state index is -0.728. The van der Waals surface area contributed by atoms with Crippen molar-refractivity contribution in [2.24, 2.45) is 0 Å². The zero-order valence-electron chi connectivity index (χ0n) is 33.9. The van der Waals surface area contributed by atoms with E-state index in [1.807, 2.05) is 104 Å². The largest absolute Gasteiger partial charge is 0.497 e. The number of aromatic amines is 2. The number of ether oxygens (including phenoxy) is 5. The summed E-state index contributed by atoms with van der Waals surface area (Å²) in [6, 6.07) is 34.3. The van der Waals surface area contributed by atoms with Crippen LogP contribution < -0.4 is 18.9 Å². The third-order valence-corrected chi connectivity index (χ3v) is 12.3. The highest BCUT2D eigenvalue weighted by Crippen LogP contribution is 2.42. The Hall–Kier alpha value is -5.72. The van der Waals surface area contributed by atoms with E-state index < -0.39 is 11.9 Å². The first kappa shape index (κ1) is 42.9. The predicted molar refractivity (Wildman–Crippen MR) is 252 cm³/mol. The molecule has 0 radical (unpaired) electrons. The smallest absolute Gasteiger partial charge is 0.317 e. The van der Waals surface area contributed by atoms with Gasteiger partial charge in [-0.3, -0.25) is 9.59 Å². The lowest BCUT2D eigenvalue weighted by molar-refractivity contribution is -0.159. The molecule has 2 N–H and O–H groups in total. The van der Waals surface area contributed by atoms with Gasteiger partial charge < -0.3 is 33.7 Å². The highest BCUT2D eigenvalue weighted by atomic mass is 79.9. The molecule has 8 rings (SSSR count). The third-order valence-electron chi connectivity index (χ3n) is 10.6. The van der Waals surface area contributed by atoms with Crippen LogP contribution in [-0.4, -0.2) is 36.1 Å². The highest BCUT2D eigenvalue weighted by molar-refractivity contribution is 9.11. The van der Waals surface area contributed by atoms with E-state index in [-0.39, 0.29) is 28.6 Å². The number of benzene rings is 6. The molecule has 0 spiro atoms. The summed E-state index contributed by atoms with van der Waals surface area (Å²) in [6.07, 6.45) is 0.0898. The summed E-state index contributed by atoms with van der Waals surface area (Å²) in [5, 5.41) is 2.44. The number of fused-ring (bicyclic) bond motifs is 2. The second kappa shape index (κ2) is 18.3. The van der Waals surface area contributed by atoms with Gasteiger partial charge in [0.25, 0.3) is 0 Å². The van der Waals surface area contributed by atoms with Crippen LogP contribution in [0.1, 0.15) is 28.7 Å². The molecule has 62 heavy (non-hydrogen) atoms. The number of nitrogens with one attached hydrogen (secondary N) is 2. The maximum atomic E-state index is 12.8. The molecular formula is C49H38Br2Cl2N2O7. The van der Waals surface area contributed by atoms with Crippen molar-refractivity contribution in [2.75, 3.05) is 14.2 Å². The second-order valence-corrected chi connectivity index (χ2v) is 17.1. The van der Waals surface area contributed by atoms with E-state index in [0.29, 0.717) is 38.2 Å². The van der Waals surface area contributed by atoms with Gasteiger partial charge in [0.1, 0.15) is 23.0 Å². The molecule has 0 aliphatic heterocycles. The maximum absolute atomic E-state index is 12.8. The van der Waals surface area contributed by atoms with Crippen molar-refractivity contribution in [3.8, 4) is 57.0 Å². The van der Waals surface area contributed by atoms with Crippen molar-refractivity contribution < 1.29 is 33.3 Å². The molecular weight excluding hydrogens is 959 g/mol. The standard InChI is InChI=1S/C49H38Br2Cl2N2O7/c1-26-36-24-34(14-16-42(36)54-46(26)30-6-10-32(58-3)11-7-30)60-48-38(50)19-28(20-39(48)51)5-18-44(56)62-45(57)23-29-21-40(52)49(41(53)22-29)61-35-15-17-43-37(25-35)27(2)47(55-43)31-8-12-33(59-4)13-9-31/h6-17,19-22,24-25,54-55H,5,18,23H2,1-4H3. The fourth-order valence-electron chi connectivity index (χ4n) is 7.36.